The molecule has 0 bridgehead atoms. The fourth-order valence-corrected chi connectivity index (χ4v) is 4.30. The molecule has 0 aromatic carbocycles. The fourth-order valence-electron chi connectivity index (χ4n) is 3.21. The SMILES string of the molecule is CCc1ccc(C(c2ccc(C)cn2)N2CCCC2C(=O)O)s1. The number of likely N-dealkylation sites (tertiary alicyclic amines) is 1. The van der Waals surface area contributed by atoms with Gasteiger partial charge in [-0.1, -0.05) is 13.0 Å². The molecule has 2 aromatic heterocycles. The molecule has 2 atom stereocenters. The summed E-state index contributed by atoms with van der Waals surface area (Å²) in [6, 6.07) is 7.87. The van der Waals surface area contributed by atoms with Crippen LogP contribution in [0.1, 0.15) is 46.8 Å². The molecule has 122 valence electrons. The Balaban J connectivity index is 2.02. The lowest BCUT2D eigenvalue weighted by Crippen LogP contribution is -2.39. The summed E-state index contributed by atoms with van der Waals surface area (Å²) in [5.41, 5.74) is 2.05. The molecule has 0 spiro atoms. The van der Waals surface area contributed by atoms with Crippen LogP contribution in [0.5, 0.6) is 0 Å². The van der Waals surface area contributed by atoms with E-state index in [4.69, 9.17) is 0 Å². The third-order valence-corrected chi connectivity index (χ3v) is 5.71. The van der Waals surface area contributed by atoms with Gasteiger partial charge in [-0.25, -0.2) is 0 Å². The summed E-state index contributed by atoms with van der Waals surface area (Å²) in [5.74, 6) is -0.730. The van der Waals surface area contributed by atoms with Crippen molar-refractivity contribution >= 4 is 17.3 Å². The van der Waals surface area contributed by atoms with Crippen molar-refractivity contribution in [3.63, 3.8) is 0 Å². The van der Waals surface area contributed by atoms with Gasteiger partial charge in [0, 0.05) is 22.5 Å². The number of aromatic nitrogens is 1. The number of aryl methyl sites for hydroxylation is 2. The highest BCUT2D eigenvalue weighted by molar-refractivity contribution is 7.12. The van der Waals surface area contributed by atoms with Crippen LogP contribution in [0.25, 0.3) is 0 Å². The molecule has 0 aliphatic carbocycles. The first-order valence-corrected chi connectivity index (χ1v) is 8.91. The van der Waals surface area contributed by atoms with Gasteiger partial charge in [0.1, 0.15) is 6.04 Å². The normalized spacial score (nSPS) is 19.8. The van der Waals surface area contributed by atoms with Gasteiger partial charge in [-0.15, -0.1) is 11.3 Å². The van der Waals surface area contributed by atoms with E-state index in [2.05, 4.69) is 35.0 Å². The molecule has 1 aliphatic rings. The summed E-state index contributed by atoms with van der Waals surface area (Å²) >= 11 is 1.77. The van der Waals surface area contributed by atoms with Gasteiger partial charge in [-0.3, -0.25) is 14.7 Å². The number of rotatable bonds is 5. The van der Waals surface area contributed by atoms with Crippen LogP contribution in [0.4, 0.5) is 0 Å². The van der Waals surface area contributed by atoms with Gasteiger partial charge in [0.25, 0.3) is 0 Å². The number of pyridine rings is 1. The lowest BCUT2D eigenvalue weighted by Gasteiger charge is -2.30. The number of nitrogens with zero attached hydrogens (tertiary/aromatic N) is 2. The zero-order valence-corrected chi connectivity index (χ0v) is 14.3. The summed E-state index contributed by atoms with van der Waals surface area (Å²) in [6.07, 6.45) is 4.50. The van der Waals surface area contributed by atoms with E-state index < -0.39 is 12.0 Å². The second-order valence-corrected chi connectivity index (χ2v) is 7.25. The number of carboxylic acids is 1. The molecule has 23 heavy (non-hydrogen) atoms. The molecule has 2 aromatic rings. The Morgan fingerprint density at radius 1 is 1.43 bits per heavy atom. The van der Waals surface area contributed by atoms with Crippen molar-refractivity contribution in [2.45, 2.75) is 45.2 Å². The standard InChI is InChI=1S/C18H22N2O2S/c1-3-13-7-9-16(23-13)17(14-8-6-12(2)11-19-14)20-10-4-5-15(20)18(21)22/h6-9,11,15,17H,3-5,10H2,1-2H3,(H,21,22). The van der Waals surface area contributed by atoms with Gasteiger partial charge in [-0.2, -0.15) is 0 Å². The summed E-state index contributed by atoms with van der Waals surface area (Å²) in [4.78, 5) is 20.8. The molecule has 0 saturated carbocycles. The second kappa shape index (κ2) is 6.81. The van der Waals surface area contributed by atoms with Crippen molar-refractivity contribution in [2.75, 3.05) is 6.54 Å². The molecule has 1 N–H and O–H groups in total. The third kappa shape index (κ3) is 3.31. The number of carbonyl (C=O) groups is 1. The number of hydrogen-bond donors (Lipinski definition) is 1. The van der Waals surface area contributed by atoms with E-state index in [0.29, 0.717) is 6.42 Å². The average Bonchev–Trinajstić information content (AvgIpc) is 3.19. The van der Waals surface area contributed by atoms with Crippen molar-refractivity contribution in [2.24, 2.45) is 0 Å². The maximum atomic E-state index is 11.6. The zero-order chi connectivity index (χ0) is 16.4. The highest BCUT2D eigenvalue weighted by Gasteiger charge is 2.37. The summed E-state index contributed by atoms with van der Waals surface area (Å²) in [7, 11) is 0. The van der Waals surface area contributed by atoms with Gasteiger partial charge >= 0.3 is 5.97 Å². The van der Waals surface area contributed by atoms with E-state index in [-0.39, 0.29) is 6.04 Å². The van der Waals surface area contributed by atoms with Crippen molar-refractivity contribution in [1.82, 2.24) is 9.88 Å². The molecule has 0 radical (unpaired) electrons. The smallest absolute Gasteiger partial charge is 0.320 e. The highest BCUT2D eigenvalue weighted by atomic mass is 32.1. The van der Waals surface area contributed by atoms with Crippen LogP contribution >= 0.6 is 11.3 Å². The maximum absolute atomic E-state index is 11.6. The molecule has 0 amide bonds. The van der Waals surface area contributed by atoms with E-state index in [0.717, 1.165) is 30.6 Å². The summed E-state index contributed by atoms with van der Waals surface area (Å²) in [6.45, 7) is 4.96. The molecule has 3 heterocycles. The molecule has 1 aliphatic heterocycles. The first-order valence-electron chi connectivity index (χ1n) is 8.10. The average molecular weight is 330 g/mol. The molecule has 3 rings (SSSR count). The van der Waals surface area contributed by atoms with Crippen molar-refractivity contribution in [3.8, 4) is 0 Å². The minimum absolute atomic E-state index is 0.0653. The quantitative estimate of drug-likeness (QED) is 0.909. The Kier molecular flexibility index (Phi) is 4.78. The van der Waals surface area contributed by atoms with Crippen LogP contribution in [0.3, 0.4) is 0 Å². The van der Waals surface area contributed by atoms with E-state index in [1.165, 1.54) is 9.75 Å². The second-order valence-electron chi connectivity index (χ2n) is 6.05. The van der Waals surface area contributed by atoms with Crippen molar-refractivity contribution < 1.29 is 9.90 Å². The topological polar surface area (TPSA) is 53.4 Å². The fraction of sp³-hybridized carbons (Fsp3) is 0.444. The molecule has 5 heteroatoms. The van der Waals surface area contributed by atoms with Gasteiger partial charge in [0.05, 0.1) is 11.7 Å². The Labute approximate surface area is 140 Å². The summed E-state index contributed by atoms with van der Waals surface area (Å²) < 4.78 is 0. The number of hydrogen-bond acceptors (Lipinski definition) is 4. The number of carboxylic acid groups (broad SMARTS) is 1. The lowest BCUT2D eigenvalue weighted by molar-refractivity contribution is -0.142. The number of thiophene rings is 1. The van der Waals surface area contributed by atoms with Gasteiger partial charge in [0.2, 0.25) is 0 Å². The maximum Gasteiger partial charge on any atom is 0.320 e. The van der Waals surface area contributed by atoms with E-state index in [1.807, 2.05) is 19.2 Å². The first-order chi connectivity index (χ1) is 11.1. The molecular weight excluding hydrogens is 308 g/mol. The van der Waals surface area contributed by atoms with Gasteiger partial charge < -0.3 is 5.11 Å². The van der Waals surface area contributed by atoms with E-state index in [9.17, 15) is 9.90 Å². The van der Waals surface area contributed by atoms with Crippen LogP contribution in [0.2, 0.25) is 0 Å². The zero-order valence-electron chi connectivity index (χ0n) is 13.5. The van der Waals surface area contributed by atoms with Crippen LogP contribution in [-0.4, -0.2) is 33.5 Å². The minimum atomic E-state index is -0.730. The minimum Gasteiger partial charge on any atom is -0.480 e. The lowest BCUT2D eigenvalue weighted by atomic mass is 10.1. The Bertz CT molecular complexity index is 681. The van der Waals surface area contributed by atoms with Crippen LogP contribution < -0.4 is 0 Å². The van der Waals surface area contributed by atoms with Crippen LogP contribution in [0.15, 0.2) is 30.5 Å². The Hall–Kier alpha value is -1.72. The van der Waals surface area contributed by atoms with Crippen LogP contribution in [0, 0.1) is 6.92 Å². The Morgan fingerprint density at radius 3 is 2.87 bits per heavy atom. The van der Waals surface area contributed by atoms with Crippen LogP contribution in [-0.2, 0) is 11.2 Å². The largest absolute Gasteiger partial charge is 0.480 e. The van der Waals surface area contributed by atoms with E-state index in [1.54, 1.807) is 11.3 Å². The predicted molar refractivity (Wildman–Crippen MR) is 91.9 cm³/mol. The van der Waals surface area contributed by atoms with Crippen molar-refractivity contribution in [1.29, 1.82) is 0 Å². The van der Waals surface area contributed by atoms with Crippen molar-refractivity contribution in [3.05, 3.63) is 51.5 Å². The first kappa shape index (κ1) is 16.1. The molecule has 1 saturated heterocycles. The number of aliphatic carboxylic acids is 1. The Morgan fingerprint density at radius 2 is 2.26 bits per heavy atom. The van der Waals surface area contributed by atoms with E-state index >= 15 is 0 Å². The highest BCUT2D eigenvalue weighted by Crippen LogP contribution is 2.37. The molecule has 1 fully saturated rings. The monoisotopic (exact) mass is 330 g/mol. The van der Waals surface area contributed by atoms with Gasteiger partial charge in [-0.05, 0) is 49.9 Å². The summed E-state index contributed by atoms with van der Waals surface area (Å²) in [5, 5.41) is 9.56. The van der Waals surface area contributed by atoms with Gasteiger partial charge in [0.15, 0.2) is 0 Å². The molecule has 2 unspecified atom stereocenters. The predicted octanol–water partition coefficient (Wildman–Crippen LogP) is 3.65. The molecular formula is C18H22N2O2S. The molecule has 4 nitrogen and oxygen atoms in total. The third-order valence-electron chi connectivity index (χ3n) is 4.43.